The zero-order chi connectivity index (χ0) is 24.8. The molecule has 4 rings (SSSR count). The summed E-state index contributed by atoms with van der Waals surface area (Å²) in [5, 5.41) is 11.8. The van der Waals surface area contributed by atoms with Crippen molar-refractivity contribution >= 4 is 17.6 Å². The molecule has 2 aromatic carbocycles. The Kier molecular flexibility index (Phi) is 7.21. The van der Waals surface area contributed by atoms with Crippen LogP contribution in [-0.4, -0.2) is 41.1 Å². The van der Waals surface area contributed by atoms with Gasteiger partial charge in [-0.25, -0.2) is 4.79 Å². The minimum Gasteiger partial charge on any atom is -0.467 e. The molecule has 3 aromatic rings. The second-order valence-electron chi connectivity index (χ2n) is 8.36. The van der Waals surface area contributed by atoms with Crippen molar-refractivity contribution < 1.29 is 23.5 Å². The SMILES string of the molecule is CC(C)N(CC(=O)N(Cc1ccc2c(c1)OCO2)Cc1ccco1)C(=O)Nc1ccc(C#N)cc1. The van der Waals surface area contributed by atoms with Gasteiger partial charge >= 0.3 is 6.03 Å². The molecule has 0 atom stereocenters. The fourth-order valence-corrected chi connectivity index (χ4v) is 3.64. The van der Waals surface area contributed by atoms with E-state index >= 15 is 0 Å². The molecule has 1 aromatic heterocycles. The Morgan fingerprint density at radius 3 is 2.51 bits per heavy atom. The largest absolute Gasteiger partial charge is 0.467 e. The highest BCUT2D eigenvalue weighted by Gasteiger charge is 2.25. The first-order valence-electron chi connectivity index (χ1n) is 11.2. The Morgan fingerprint density at radius 1 is 1.06 bits per heavy atom. The van der Waals surface area contributed by atoms with Crippen molar-refractivity contribution in [1.82, 2.24) is 9.80 Å². The van der Waals surface area contributed by atoms with Gasteiger partial charge in [-0.2, -0.15) is 5.26 Å². The number of nitriles is 1. The Balaban J connectivity index is 1.48. The van der Waals surface area contributed by atoms with E-state index in [9.17, 15) is 9.59 Å². The molecule has 0 fully saturated rings. The van der Waals surface area contributed by atoms with E-state index in [0.717, 1.165) is 5.56 Å². The van der Waals surface area contributed by atoms with Crippen LogP contribution >= 0.6 is 0 Å². The minimum absolute atomic E-state index is 0.120. The van der Waals surface area contributed by atoms with Gasteiger partial charge in [0.1, 0.15) is 12.3 Å². The fourth-order valence-electron chi connectivity index (χ4n) is 3.64. The van der Waals surface area contributed by atoms with Crippen molar-refractivity contribution in [2.24, 2.45) is 0 Å². The second-order valence-corrected chi connectivity index (χ2v) is 8.36. The molecule has 1 aliphatic rings. The lowest BCUT2D eigenvalue weighted by molar-refractivity contribution is -0.133. The zero-order valence-electron chi connectivity index (χ0n) is 19.6. The summed E-state index contributed by atoms with van der Waals surface area (Å²) in [5.74, 6) is 1.71. The Bertz CT molecular complexity index is 1220. The summed E-state index contributed by atoms with van der Waals surface area (Å²) in [6, 6.07) is 17.1. The molecule has 1 N–H and O–H groups in total. The number of ether oxygens (including phenoxy) is 2. The van der Waals surface area contributed by atoms with Crippen molar-refractivity contribution in [3.05, 3.63) is 77.7 Å². The summed E-state index contributed by atoms with van der Waals surface area (Å²) in [5.41, 5.74) is 1.91. The van der Waals surface area contributed by atoms with Gasteiger partial charge in [0.15, 0.2) is 11.5 Å². The number of hydrogen-bond donors (Lipinski definition) is 1. The molecule has 0 bridgehead atoms. The van der Waals surface area contributed by atoms with Crippen LogP contribution in [0.25, 0.3) is 0 Å². The molecule has 0 saturated carbocycles. The quantitative estimate of drug-likeness (QED) is 0.520. The molecule has 0 saturated heterocycles. The van der Waals surface area contributed by atoms with Gasteiger partial charge in [0, 0.05) is 18.3 Å². The number of hydrogen-bond acceptors (Lipinski definition) is 6. The van der Waals surface area contributed by atoms with E-state index < -0.39 is 6.03 Å². The molecule has 0 aliphatic carbocycles. The Hall–Kier alpha value is -4.45. The number of fused-ring (bicyclic) bond motifs is 1. The van der Waals surface area contributed by atoms with Crippen LogP contribution in [0.5, 0.6) is 11.5 Å². The number of carbonyl (C=O) groups is 2. The third-order valence-electron chi connectivity index (χ3n) is 5.55. The maximum Gasteiger partial charge on any atom is 0.322 e. The Morgan fingerprint density at radius 2 is 1.83 bits per heavy atom. The van der Waals surface area contributed by atoms with E-state index in [-0.39, 0.29) is 31.8 Å². The van der Waals surface area contributed by atoms with E-state index in [4.69, 9.17) is 19.2 Å². The number of nitrogens with zero attached hydrogens (tertiary/aromatic N) is 3. The van der Waals surface area contributed by atoms with E-state index in [1.807, 2.05) is 38.1 Å². The molecule has 1 aliphatic heterocycles. The van der Waals surface area contributed by atoms with Crippen LogP contribution in [0.4, 0.5) is 10.5 Å². The van der Waals surface area contributed by atoms with Crippen molar-refractivity contribution in [3.8, 4) is 17.6 Å². The molecule has 35 heavy (non-hydrogen) atoms. The van der Waals surface area contributed by atoms with Gasteiger partial charge < -0.3 is 29.0 Å². The first-order valence-corrected chi connectivity index (χ1v) is 11.2. The van der Waals surface area contributed by atoms with Crippen LogP contribution in [0.15, 0.2) is 65.3 Å². The molecule has 0 radical (unpaired) electrons. The highest BCUT2D eigenvalue weighted by molar-refractivity contribution is 5.92. The van der Waals surface area contributed by atoms with Crippen LogP contribution < -0.4 is 14.8 Å². The zero-order valence-corrected chi connectivity index (χ0v) is 19.6. The molecule has 0 spiro atoms. The standard InChI is InChI=1S/C26H26N4O5/c1-18(2)30(26(32)28-21-8-5-19(13-27)6-9-21)16-25(31)29(15-22-4-3-11-33-22)14-20-7-10-23-24(12-20)35-17-34-23/h3-12,18H,14-17H2,1-2H3,(H,28,32). The monoisotopic (exact) mass is 474 g/mol. The average Bonchev–Trinajstić information content (AvgIpc) is 3.54. The van der Waals surface area contributed by atoms with Gasteiger partial charge in [-0.3, -0.25) is 4.79 Å². The number of carbonyl (C=O) groups excluding carboxylic acids is 2. The summed E-state index contributed by atoms with van der Waals surface area (Å²) in [7, 11) is 0. The smallest absolute Gasteiger partial charge is 0.322 e. The Labute approximate surface area is 203 Å². The topological polar surface area (TPSA) is 108 Å². The van der Waals surface area contributed by atoms with E-state index in [0.29, 0.717) is 35.1 Å². The first-order chi connectivity index (χ1) is 16.9. The van der Waals surface area contributed by atoms with Crippen molar-refractivity contribution in [1.29, 1.82) is 5.26 Å². The maximum atomic E-state index is 13.4. The van der Waals surface area contributed by atoms with Crippen molar-refractivity contribution in [3.63, 3.8) is 0 Å². The summed E-state index contributed by atoms with van der Waals surface area (Å²) in [6.07, 6.45) is 1.56. The van der Waals surface area contributed by atoms with Gasteiger partial charge in [0.05, 0.1) is 24.4 Å². The van der Waals surface area contributed by atoms with Crippen LogP contribution in [0.3, 0.4) is 0 Å². The van der Waals surface area contributed by atoms with Gasteiger partial charge in [-0.05, 0) is 67.9 Å². The number of urea groups is 1. The number of furan rings is 1. The van der Waals surface area contributed by atoms with Gasteiger partial charge in [-0.1, -0.05) is 6.07 Å². The molecule has 3 amide bonds. The van der Waals surface area contributed by atoms with Crippen LogP contribution in [-0.2, 0) is 17.9 Å². The number of amides is 3. The van der Waals surface area contributed by atoms with Crippen LogP contribution in [0, 0.1) is 11.3 Å². The van der Waals surface area contributed by atoms with Crippen molar-refractivity contribution in [2.45, 2.75) is 33.0 Å². The van der Waals surface area contributed by atoms with Crippen molar-refractivity contribution in [2.75, 3.05) is 18.7 Å². The number of benzene rings is 2. The minimum atomic E-state index is -0.404. The predicted octanol–water partition coefficient (Wildman–Crippen LogP) is 4.35. The molecule has 2 heterocycles. The number of nitrogens with one attached hydrogen (secondary N) is 1. The first kappa shape index (κ1) is 23.7. The normalized spacial score (nSPS) is 11.7. The van der Waals surface area contributed by atoms with Crippen LogP contribution in [0.2, 0.25) is 0 Å². The van der Waals surface area contributed by atoms with Gasteiger partial charge in [0.2, 0.25) is 12.7 Å². The second kappa shape index (κ2) is 10.7. The van der Waals surface area contributed by atoms with Gasteiger partial charge in [0.25, 0.3) is 0 Å². The number of rotatable bonds is 8. The van der Waals surface area contributed by atoms with E-state index in [1.165, 1.54) is 4.90 Å². The molecular weight excluding hydrogens is 448 g/mol. The van der Waals surface area contributed by atoms with Crippen LogP contribution in [0.1, 0.15) is 30.7 Å². The molecule has 0 unspecified atom stereocenters. The third-order valence-corrected chi connectivity index (χ3v) is 5.55. The highest BCUT2D eigenvalue weighted by Crippen LogP contribution is 2.33. The summed E-state index contributed by atoms with van der Waals surface area (Å²) in [4.78, 5) is 29.5. The molecular formula is C26H26N4O5. The summed E-state index contributed by atoms with van der Waals surface area (Å²) >= 11 is 0. The van der Waals surface area contributed by atoms with E-state index in [1.54, 1.807) is 47.6 Å². The average molecular weight is 475 g/mol. The summed E-state index contributed by atoms with van der Waals surface area (Å²) < 4.78 is 16.3. The highest BCUT2D eigenvalue weighted by atomic mass is 16.7. The molecule has 180 valence electrons. The predicted molar refractivity (Wildman–Crippen MR) is 128 cm³/mol. The lowest BCUT2D eigenvalue weighted by atomic mass is 10.1. The lowest BCUT2D eigenvalue weighted by Crippen LogP contribution is -2.47. The molecule has 9 heteroatoms. The number of anilines is 1. The van der Waals surface area contributed by atoms with E-state index in [2.05, 4.69) is 5.32 Å². The third kappa shape index (κ3) is 5.92. The maximum absolute atomic E-state index is 13.4. The molecule has 9 nitrogen and oxygen atoms in total. The van der Waals surface area contributed by atoms with Gasteiger partial charge in [-0.15, -0.1) is 0 Å². The fraction of sp³-hybridized carbons (Fsp3) is 0.269. The lowest BCUT2D eigenvalue weighted by Gasteiger charge is -2.30. The summed E-state index contributed by atoms with van der Waals surface area (Å²) in [6.45, 7) is 4.31.